The number of hydrogen-bond acceptors (Lipinski definition) is 14. The number of phenols is 1. The van der Waals surface area contributed by atoms with E-state index in [0.29, 0.717) is 62.3 Å². The fourth-order valence-corrected chi connectivity index (χ4v) is 11.4. The third-order valence-corrected chi connectivity index (χ3v) is 15.3. The van der Waals surface area contributed by atoms with Gasteiger partial charge in [-0.05, 0) is 36.4 Å². The van der Waals surface area contributed by atoms with Gasteiger partial charge in [-0.2, -0.15) is 8.61 Å². The van der Waals surface area contributed by atoms with Crippen molar-refractivity contribution in [1.82, 2.24) is 18.6 Å². The van der Waals surface area contributed by atoms with Crippen LogP contribution < -0.4 is 5.73 Å². The van der Waals surface area contributed by atoms with Gasteiger partial charge in [0.25, 0.3) is 9.05 Å². The third-order valence-electron chi connectivity index (χ3n) is 8.71. The molecule has 3 aromatic carbocycles. The number of benzene rings is 3. The van der Waals surface area contributed by atoms with E-state index in [1.54, 1.807) is 18.2 Å². The van der Waals surface area contributed by atoms with Crippen LogP contribution in [0, 0.1) is 0 Å². The van der Waals surface area contributed by atoms with Crippen molar-refractivity contribution in [2.45, 2.75) is 67.1 Å². The molecule has 16 nitrogen and oxygen atoms in total. The number of aromatic hydroxyl groups is 1. The average molecular weight is 960 g/mol. The van der Waals surface area contributed by atoms with Crippen LogP contribution in [0.25, 0.3) is 22.2 Å². The SMILES string of the molecule is CC(C)(C)c1nc2ccc(Cl)c(S(=O)(=O)Cl)c2o1.CC(C)(C)c1nc2ccc(Cl)c(S(=O)(=O)N3CCOCC3)c2o1.Nc1ccc(Cl)c(S(=O)(=O)N2CCOCC2)c1O. The minimum absolute atomic E-state index is 0.0124. The highest BCUT2D eigenvalue weighted by molar-refractivity contribution is 8.14. The maximum absolute atomic E-state index is 13.0. The minimum Gasteiger partial charge on any atom is -0.504 e. The summed E-state index contributed by atoms with van der Waals surface area (Å²) in [5, 5.41) is 9.91. The molecule has 3 N–H and O–H groups in total. The van der Waals surface area contributed by atoms with Gasteiger partial charge >= 0.3 is 0 Å². The zero-order valence-electron chi connectivity index (χ0n) is 32.8. The lowest BCUT2D eigenvalue weighted by atomic mass is 9.97. The second kappa shape index (κ2) is 17.8. The lowest BCUT2D eigenvalue weighted by molar-refractivity contribution is 0.0729. The van der Waals surface area contributed by atoms with E-state index in [9.17, 15) is 30.4 Å². The Labute approximate surface area is 362 Å². The summed E-state index contributed by atoms with van der Waals surface area (Å²) < 4.78 is 97.9. The summed E-state index contributed by atoms with van der Waals surface area (Å²) in [4.78, 5) is 8.08. The first-order valence-electron chi connectivity index (χ1n) is 17.8. The molecule has 23 heteroatoms. The first kappa shape index (κ1) is 47.1. The van der Waals surface area contributed by atoms with Crippen LogP contribution in [0.15, 0.2) is 59.9 Å². The molecule has 324 valence electrons. The Balaban J connectivity index is 0.000000170. The monoisotopic (exact) mass is 957 g/mol. The maximum Gasteiger partial charge on any atom is 0.266 e. The van der Waals surface area contributed by atoms with E-state index in [-0.39, 0.29) is 70.5 Å². The Bertz CT molecular complexity index is 2680. The largest absolute Gasteiger partial charge is 0.504 e. The number of oxazole rings is 2. The third kappa shape index (κ3) is 10.4. The lowest BCUT2D eigenvalue weighted by Gasteiger charge is -2.26. The van der Waals surface area contributed by atoms with Gasteiger partial charge in [-0.3, -0.25) is 0 Å². The second-order valence-electron chi connectivity index (χ2n) is 15.3. The highest BCUT2D eigenvalue weighted by Crippen LogP contribution is 2.39. The van der Waals surface area contributed by atoms with Crippen molar-refractivity contribution in [2.75, 3.05) is 58.3 Å². The standard InChI is InChI=1S/C15H19ClN2O4S.C11H11Cl2NO3S.C10H13ClN2O4S/c1-15(2,3)14-17-11-5-4-10(16)13(12(11)22-14)23(19,20)18-6-8-21-9-7-18;1-11(2,3)10-14-7-5-4-6(12)9(8(7)17-10)18(13,15)16;11-7-1-2-8(12)9(14)10(7)18(15,16)13-3-5-17-6-4-13/h4-5H,6-9H2,1-3H3;4-5H,1-3H3;1-2,14H,3-6,12H2. The second-order valence-corrected chi connectivity index (χ2v) is 22.7. The van der Waals surface area contributed by atoms with E-state index in [1.165, 1.54) is 26.8 Å². The fraction of sp³-hybridized carbons (Fsp3) is 0.444. The molecule has 0 bridgehead atoms. The van der Waals surface area contributed by atoms with Crippen LogP contribution in [-0.4, -0.2) is 102 Å². The first-order chi connectivity index (χ1) is 27.3. The van der Waals surface area contributed by atoms with Crippen LogP contribution in [-0.2, 0) is 49.4 Å². The maximum atomic E-state index is 13.0. The van der Waals surface area contributed by atoms with E-state index in [1.807, 2.05) is 41.5 Å². The Hall–Kier alpha value is -2.95. The van der Waals surface area contributed by atoms with Gasteiger partial charge in [-0.25, -0.2) is 35.2 Å². The number of rotatable bonds is 5. The number of halogens is 4. The summed E-state index contributed by atoms with van der Waals surface area (Å²) >= 11 is 17.9. The molecule has 0 amide bonds. The highest BCUT2D eigenvalue weighted by Gasteiger charge is 2.34. The van der Waals surface area contributed by atoms with E-state index >= 15 is 0 Å². The molecule has 2 aliphatic heterocycles. The van der Waals surface area contributed by atoms with Crippen LogP contribution in [0.3, 0.4) is 0 Å². The molecular weight excluding hydrogens is 916 g/mol. The van der Waals surface area contributed by atoms with Crippen molar-refractivity contribution >= 4 is 102 Å². The quantitative estimate of drug-likeness (QED) is 0.101. The van der Waals surface area contributed by atoms with Crippen molar-refractivity contribution in [3.63, 3.8) is 0 Å². The normalized spacial score (nSPS) is 16.4. The van der Waals surface area contributed by atoms with E-state index in [4.69, 9.17) is 69.5 Å². The Morgan fingerprint density at radius 2 is 0.966 bits per heavy atom. The Kier molecular flexibility index (Phi) is 14.2. The first-order valence-corrected chi connectivity index (χ1v) is 24.1. The molecule has 2 aliphatic rings. The zero-order valence-corrected chi connectivity index (χ0v) is 38.2. The molecule has 0 atom stereocenters. The summed E-state index contributed by atoms with van der Waals surface area (Å²) in [6.45, 7) is 14.0. The number of nitrogens with zero attached hydrogens (tertiary/aromatic N) is 4. The molecule has 5 aromatic rings. The van der Waals surface area contributed by atoms with Crippen molar-refractivity contribution in [3.8, 4) is 5.75 Å². The molecule has 2 saturated heterocycles. The number of morpholine rings is 2. The minimum atomic E-state index is -3.99. The number of sulfonamides is 2. The molecule has 2 aromatic heterocycles. The highest BCUT2D eigenvalue weighted by atomic mass is 35.7. The predicted molar refractivity (Wildman–Crippen MR) is 225 cm³/mol. The molecular formula is C36H43Cl4N5O11S3. The van der Waals surface area contributed by atoms with Gasteiger partial charge < -0.3 is 29.1 Å². The number of anilines is 1. The van der Waals surface area contributed by atoms with Gasteiger partial charge in [0, 0.05) is 47.7 Å². The average Bonchev–Trinajstić information content (AvgIpc) is 3.79. The number of nitrogens with two attached hydrogens (primary N) is 1. The molecule has 59 heavy (non-hydrogen) atoms. The molecule has 0 spiro atoms. The molecule has 0 aliphatic carbocycles. The van der Waals surface area contributed by atoms with Crippen LogP contribution in [0.5, 0.6) is 5.75 Å². The van der Waals surface area contributed by atoms with Crippen molar-refractivity contribution in [3.05, 3.63) is 63.2 Å². The summed E-state index contributed by atoms with van der Waals surface area (Å²) in [7, 11) is -6.24. The van der Waals surface area contributed by atoms with Crippen LogP contribution in [0.2, 0.25) is 15.1 Å². The number of fused-ring (bicyclic) bond motifs is 2. The van der Waals surface area contributed by atoms with Gasteiger partial charge in [0.2, 0.25) is 31.8 Å². The van der Waals surface area contributed by atoms with Gasteiger partial charge in [-0.15, -0.1) is 0 Å². The van der Waals surface area contributed by atoms with Crippen LogP contribution in [0.1, 0.15) is 53.3 Å². The van der Waals surface area contributed by atoms with Gasteiger partial charge in [0.15, 0.2) is 16.9 Å². The molecule has 4 heterocycles. The van der Waals surface area contributed by atoms with Crippen LogP contribution in [0.4, 0.5) is 5.69 Å². The molecule has 0 unspecified atom stereocenters. The van der Waals surface area contributed by atoms with Gasteiger partial charge in [0.1, 0.15) is 25.7 Å². The van der Waals surface area contributed by atoms with Gasteiger partial charge in [0.05, 0.1) is 47.2 Å². The van der Waals surface area contributed by atoms with Crippen molar-refractivity contribution < 1.29 is 48.7 Å². The lowest BCUT2D eigenvalue weighted by Crippen LogP contribution is -2.40. The van der Waals surface area contributed by atoms with Crippen LogP contribution >= 0.6 is 45.5 Å². The number of nitrogen functional groups attached to an aromatic ring is 1. The van der Waals surface area contributed by atoms with Gasteiger partial charge in [-0.1, -0.05) is 76.3 Å². The fourth-order valence-electron chi connectivity index (χ4n) is 5.64. The number of ether oxygens (including phenoxy) is 2. The summed E-state index contributed by atoms with van der Waals surface area (Å²) in [6.07, 6.45) is 0. The number of aromatic nitrogens is 2. The zero-order chi connectivity index (χ0) is 43.9. The Morgan fingerprint density at radius 3 is 1.37 bits per heavy atom. The number of phenolic OH excluding ortho intramolecular Hbond substituents is 1. The summed E-state index contributed by atoms with van der Waals surface area (Å²) in [5.41, 5.74) is 6.04. The topological polar surface area (TPSA) is 226 Å². The number of hydrogen-bond donors (Lipinski definition) is 2. The van der Waals surface area contributed by atoms with E-state index in [0.717, 1.165) is 0 Å². The molecule has 7 rings (SSSR count). The molecule has 0 radical (unpaired) electrons. The smallest absolute Gasteiger partial charge is 0.266 e. The van der Waals surface area contributed by atoms with Crippen molar-refractivity contribution in [1.29, 1.82) is 0 Å². The summed E-state index contributed by atoms with van der Waals surface area (Å²) in [6, 6.07) is 8.97. The molecule has 0 saturated carbocycles. The summed E-state index contributed by atoms with van der Waals surface area (Å²) in [5.74, 6) is 0.406. The van der Waals surface area contributed by atoms with E-state index in [2.05, 4.69) is 9.97 Å². The molecule has 2 fully saturated rings. The Morgan fingerprint density at radius 1 is 0.610 bits per heavy atom. The predicted octanol–water partition coefficient (Wildman–Crippen LogP) is 7.15. The van der Waals surface area contributed by atoms with E-state index < -0.39 is 34.8 Å². The van der Waals surface area contributed by atoms with Crippen molar-refractivity contribution in [2.24, 2.45) is 0 Å².